The van der Waals surface area contributed by atoms with Crippen LogP contribution in [0.2, 0.25) is 0 Å². The molecular formula is C29H34F3N3O4. The van der Waals surface area contributed by atoms with Crippen LogP contribution in [0.1, 0.15) is 61.6 Å². The molecule has 0 unspecified atom stereocenters. The zero-order valence-corrected chi connectivity index (χ0v) is 21.8. The number of nitrogens with zero attached hydrogens (tertiary/aromatic N) is 2. The lowest BCUT2D eigenvalue weighted by Crippen LogP contribution is -2.46. The van der Waals surface area contributed by atoms with Crippen molar-refractivity contribution in [1.29, 1.82) is 0 Å². The zero-order chi connectivity index (χ0) is 27.5. The number of likely N-dealkylation sites (tertiary alicyclic amines) is 1. The van der Waals surface area contributed by atoms with Crippen LogP contribution >= 0.6 is 0 Å². The highest BCUT2D eigenvalue weighted by molar-refractivity contribution is 5.84. The lowest BCUT2D eigenvalue weighted by molar-refractivity contribution is -0.137. The Bertz CT molecular complexity index is 1140. The third kappa shape index (κ3) is 7.03. The van der Waals surface area contributed by atoms with Gasteiger partial charge in [-0.1, -0.05) is 30.7 Å². The number of amides is 2. The van der Waals surface area contributed by atoms with Crippen LogP contribution in [-0.4, -0.2) is 53.3 Å². The van der Waals surface area contributed by atoms with Gasteiger partial charge in [0, 0.05) is 44.7 Å². The summed E-state index contributed by atoms with van der Waals surface area (Å²) in [6.45, 7) is 2.84. The second-order valence-electron chi connectivity index (χ2n) is 10.9. The smallest absolute Gasteiger partial charge is 0.416 e. The molecule has 10 heteroatoms. The molecule has 2 aromatic carbocycles. The van der Waals surface area contributed by atoms with E-state index in [1.54, 1.807) is 17.0 Å². The molecule has 1 saturated carbocycles. The van der Waals surface area contributed by atoms with E-state index in [9.17, 15) is 22.8 Å². The van der Waals surface area contributed by atoms with Crippen molar-refractivity contribution in [2.24, 2.45) is 0 Å². The van der Waals surface area contributed by atoms with E-state index in [0.717, 1.165) is 48.9 Å². The molecule has 1 aliphatic carbocycles. The van der Waals surface area contributed by atoms with Crippen LogP contribution in [0.25, 0.3) is 0 Å². The summed E-state index contributed by atoms with van der Waals surface area (Å²) in [4.78, 5) is 28.7. The number of alkyl halides is 3. The summed E-state index contributed by atoms with van der Waals surface area (Å²) in [7, 11) is 0. The molecule has 3 aliphatic rings. The minimum atomic E-state index is -4.34. The topological polar surface area (TPSA) is 71.1 Å². The van der Waals surface area contributed by atoms with E-state index in [2.05, 4.69) is 10.2 Å². The fourth-order valence-electron chi connectivity index (χ4n) is 5.65. The lowest BCUT2D eigenvalue weighted by Gasteiger charge is -2.37. The van der Waals surface area contributed by atoms with Crippen molar-refractivity contribution in [3.05, 3.63) is 65.2 Å². The van der Waals surface area contributed by atoms with Gasteiger partial charge >= 0.3 is 18.4 Å². The molecule has 2 aliphatic heterocycles. The van der Waals surface area contributed by atoms with Crippen molar-refractivity contribution in [3.8, 4) is 0 Å². The van der Waals surface area contributed by atoms with Gasteiger partial charge in [0.15, 0.2) is 0 Å². The molecule has 2 amide bonds. The predicted molar refractivity (Wildman–Crippen MR) is 139 cm³/mol. The monoisotopic (exact) mass is 545 g/mol. The van der Waals surface area contributed by atoms with E-state index in [0.29, 0.717) is 51.3 Å². The fourth-order valence-corrected chi connectivity index (χ4v) is 5.65. The molecule has 0 aromatic heterocycles. The Hall–Kier alpha value is -3.27. The summed E-state index contributed by atoms with van der Waals surface area (Å²) in [5, 5.41) is 2.78. The van der Waals surface area contributed by atoms with E-state index >= 15 is 0 Å². The Kier molecular flexibility index (Phi) is 8.02. The number of ether oxygens (including phenoxy) is 2. The molecule has 7 nitrogen and oxygen atoms in total. The number of halogens is 3. The quantitative estimate of drug-likeness (QED) is 0.444. The molecule has 39 heavy (non-hydrogen) atoms. The van der Waals surface area contributed by atoms with E-state index in [1.807, 2.05) is 12.1 Å². The zero-order valence-electron chi connectivity index (χ0n) is 21.8. The molecule has 1 N–H and O–H groups in total. The average molecular weight is 546 g/mol. The van der Waals surface area contributed by atoms with Crippen LogP contribution in [0, 0.1) is 0 Å². The Morgan fingerprint density at radius 2 is 1.56 bits per heavy atom. The molecule has 210 valence electrons. The summed E-state index contributed by atoms with van der Waals surface area (Å²) >= 11 is 0. The largest absolute Gasteiger partial charge is 0.446 e. The second kappa shape index (κ2) is 11.5. The molecule has 0 atom stereocenters. The molecule has 2 heterocycles. The maximum Gasteiger partial charge on any atom is 0.416 e. The van der Waals surface area contributed by atoms with Crippen molar-refractivity contribution >= 4 is 17.9 Å². The van der Waals surface area contributed by atoms with Gasteiger partial charge in [-0.2, -0.15) is 13.2 Å². The van der Waals surface area contributed by atoms with Gasteiger partial charge in [-0.15, -0.1) is 0 Å². The standard InChI is InChI=1S/C29H34F3N3O4/c30-29(31,32)23-10-6-21(7-11-23)18-34-16-14-28(15-17-34)20-35(27(37)39-28)19-22-8-12-24(13-9-22)33-26(36)38-25-4-2-1-3-5-25/h6-13,25H,1-5,14-20H2,(H,33,36). The first-order valence-corrected chi connectivity index (χ1v) is 13.6. The summed E-state index contributed by atoms with van der Waals surface area (Å²) in [6.07, 6.45) is 1.41. The van der Waals surface area contributed by atoms with Gasteiger partial charge in [-0.3, -0.25) is 15.1 Å². The highest BCUT2D eigenvalue weighted by Crippen LogP contribution is 2.35. The normalized spacial score (nSPS) is 20.2. The van der Waals surface area contributed by atoms with Gasteiger partial charge in [0.05, 0.1) is 12.1 Å². The van der Waals surface area contributed by atoms with Crippen molar-refractivity contribution in [3.63, 3.8) is 0 Å². The van der Waals surface area contributed by atoms with E-state index in [4.69, 9.17) is 9.47 Å². The highest BCUT2D eigenvalue weighted by Gasteiger charge is 2.46. The van der Waals surface area contributed by atoms with Crippen LogP contribution in [0.3, 0.4) is 0 Å². The number of nitrogens with one attached hydrogen (secondary N) is 1. The first kappa shape index (κ1) is 27.3. The minimum absolute atomic E-state index is 0.0109. The third-order valence-electron chi connectivity index (χ3n) is 7.90. The lowest BCUT2D eigenvalue weighted by atomic mass is 9.91. The molecule has 0 bridgehead atoms. The Morgan fingerprint density at radius 1 is 0.949 bits per heavy atom. The molecule has 2 saturated heterocycles. The summed E-state index contributed by atoms with van der Waals surface area (Å²) in [6, 6.07) is 12.6. The number of hydrogen-bond donors (Lipinski definition) is 1. The first-order valence-electron chi connectivity index (χ1n) is 13.6. The number of piperidine rings is 1. The maximum atomic E-state index is 12.8. The van der Waals surface area contributed by atoms with Crippen molar-refractivity contribution in [1.82, 2.24) is 9.80 Å². The number of benzene rings is 2. The summed E-state index contributed by atoms with van der Waals surface area (Å²) in [5.41, 5.74) is 1.20. The van der Waals surface area contributed by atoms with E-state index < -0.39 is 23.4 Å². The molecule has 3 fully saturated rings. The average Bonchev–Trinajstić information content (AvgIpc) is 3.21. The molecule has 1 spiro atoms. The second-order valence-corrected chi connectivity index (χ2v) is 10.9. The van der Waals surface area contributed by atoms with Gasteiger partial charge in [0.25, 0.3) is 0 Å². The number of hydrogen-bond acceptors (Lipinski definition) is 5. The number of rotatable bonds is 6. The van der Waals surface area contributed by atoms with Gasteiger partial charge in [0.1, 0.15) is 11.7 Å². The van der Waals surface area contributed by atoms with Crippen LogP contribution in [0.4, 0.5) is 28.4 Å². The fraction of sp³-hybridized carbons (Fsp3) is 0.517. The highest BCUT2D eigenvalue weighted by atomic mass is 19.4. The molecule has 0 radical (unpaired) electrons. The Labute approximate surface area is 226 Å². The van der Waals surface area contributed by atoms with Gasteiger partial charge in [-0.25, -0.2) is 9.59 Å². The van der Waals surface area contributed by atoms with Crippen LogP contribution < -0.4 is 5.32 Å². The Morgan fingerprint density at radius 3 is 2.21 bits per heavy atom. The van der Waals surface area contributed by atoms with Gasteiger partial charge in [-0.05, 0) is 61.1 Å². The minimum Gasteiger partial charge on any atom is -0.446 e. The molecule has 5 rings (SSSR count). The van der Waals surface area contributed by atoms with Crippen LogP contribution in [0.15, 0.2) is 48.5 Å². The summed E-state index contributed by atoms with van der Waals surface area (Å²) < 4.78 is 49.8. The van der Waals surface area contributed by atoms with Crippen molar-refractivity contribution in [2.75, 3.05) is 25.0 Å². The van der Waals surface area contributed by atoms with E-state index in [1.165, 1.54) is 18.6 Å². The molecular weight excluding hydrogens is 511 g/mol. The SMILES string of the molecule is O=C(Nc1ccc(CN2CC3(CCN(Cc4ccc(C(F)(F)F)cc4)CC3)OC2=O)cc1)OC1CCCCC1. The van der Waals surface area contributed by atoms with Crippen molar-refractivity contribution < 1.29 is 32.2 Å². The number of carbonyl (C=O) groups is 2. The van der Waals surface area contributed by atoms with E-state index in [-0.39, 0.29) is 12.2 Å². The van der Waals surface area contributed by atoms with Crippen LogP contribution in [0.5, 0.6) is 0 Å². The third-order valence-corrected chi connectivity index (χ3v) is 7.90. The summed E-state index contributed by atoms with van der Waals surface area (Å²) in [5.74, 6) is 0. The van der Waals surface area contributed by atoms with Crippen molar-refractivity contribution in [2.45, 2.75) is 75.9 Å². The molecule has 2 aromatic rings. The maximum absolute atomic E-state index is 12.8. The number of anilines is 1. The first-order chi connectivity index (χ1) is 18.7. The van der Waals surface area contributed by atoms with Gasteiger partial charge < -0.3 is 9.47 Å². The Balaban J connectivity index is 1.08. The predicted octanol–water partition coefficient (Wildman–Crippen LogP) is 6.57. The van der Waals surface area contributed by atoms with Gasteiger partial charge in [0.2, 0.25) is 0 Å². The van der Waals surface area contributed by atoms with Crippen LogP contribution in [-0.2, 0) is 28.7 Å². The number of carbonyl (C=O) groups excluding carboxylic acids is 2.